The summed E-state index contributed by atoms with van der Waals surface area (Å²) in [5.41, 5.74) is 1.94. The van der Waals surface area contributed by atoms with E-state index in [-0.39, 0.29) is 23.6 Å². The van der Waals surface area contributed by atoms with Crippen molar-refractivity contribution in [2.24, 2.45) is 4.99 Å². The average Bonchev–Trinajstić information content (AvgIpc) is 3.57. The van der Waals surface area contributed by atoms with E-state index in [0.717, 1.165) is 16.9 Å². The first-order chi connectivity index (χ1) is 20.6. The lowest BCUT2D eigenvalue weighted by Crippen LogP contribution is -2.39. The number of rotatable bonds is 8. The van der Waals surface area contributed by atoms with Crippen molar-refractivity contribution in [1.82, 2.24) is 4.57 Å². The van der Waals surface area contributed by atoms with Gasteiger partial charge in [0.1, 0.15) is 29.1 Å². The molecule has 13 heteroatoms. The Bertz CT molecular complexity index is 1990. The van der Waals surface area contributed by atoms with Gasteiger partial charge in [-0.25, -0.2) is 9.79 Å². The number of furan rings is 1. The van der Waals surface area contributed by atoms with Crippen LogP contribution in [0.2, 0.25) is 0 Å². The molecular weight excluding hydrogens is 642 g/mol. The number of esters is 1. The average molecular weight is 669 g/mol. The summed E-state index contributed by atoms with van der Waals surface area (Å²) >= 11 is 4.63. The Morgan fingerprint density at radius 3 is 2.58 bits per heavy atom. The SMILES string of the molecule is CCOC(=O)C1=C(C)N=c2s/c(=C\c3cc(Br)c(OC)cc3OC)c(=O)n2[C@H]1c1ccc(-c2cc([N+](=O)[O-])ccc2C)o1. The van der Waals surface area contributed by atoms with Gasteiger partial charge >= 0.3 is 5.97 Å². The molecule has 1 aliphatic heterocycles. The first kappa shape index (κ1) is 30.0. The zero-order valence-corrected chi connectivity index (χ0v) is 26.2. The summed E-state index contributed by atoms with van der Waals surface area (Å²) in [7, 11) is 3.06. The minimum absolute atomic E-state index is 0.0879. The highest BCUT2D eigenvalue weighted by Crippen LogP contribution is 2.36. The number of carbonyl (C=O) groups excluding carboxylic acids is 1. The summed E-state index contributed by atoms with van der Waals surface area (Å²) in [6.07, 6.45) is 1.69. The number of allylic oxidation sites excluding steroid dienone is 1. The third kappa shape index (κ3) is 5.53. The van der Waals surface area contributed by atoms with Gasteiger partial charge in [0.25, 0.3) is 11.2 Å². The van der Waals surface area contributed by atoms with Gasteiger partial charge in [0.15, 0.2) is 4.80 Å². The third-order valence-corrected chi connectivity index (χ3v) is 8.50. The van der Waals surface area contributed by atoms with Gasteiger partial charge in [0.05, 0.1) is 46.0 Å². The Labute approximate surface area is 257 Å². The van der Waals surface area contributed by atoms with Gasteiger partial charge in [-0.3, -0.25) is 19.5 Å². The number of hydrogen-bond acceptors (Lipinski definition) is 10. The highest BCUT2D eigenvalue weighted by atomic mass is 79.9. The number of aryl methyl sites for hydroxylation is 1. The molecule has 1 aliphatic rings. The summed E-state index contributed by atoms with van der Waals surface area (Å²) in [6.45, 7) is 5.29. The molecule has 0 amide bonds. The van der Waals surface area contributed by atoms with Crippen LogP contribution in [0.4, 0.5) is 5.69 Å². The molecule has 2 aromatic heterocycles. The van der Waals surface area contributed by atoms with Gasteiger partial charge in [0, 0.05) is 29.3 Å². The lowest BCUT2D eigenvalue weighted by molar-refractivity contribution is -0.384. The Morgan fingerprint density at radius 2 is 1.91 bits per heavy atom. The molecule has 2 aromatic carbocycles. The van der Waals surface area contributed by atoms with Crippen LogP contribution in [0.5, 0.6) is 11.5 Å². The van der Waals surface area contributed by atoms with Crippen LogP contribution in [0, 0.1) is 17.0 Å². The van der Waals surface area contributed by atoms with E-state index < -0.39 is 22.5 Å². The lowest BCUT2D eigenvalue weighted by atomic mass is 10.0. The molecule has 0 radical (unpaired) electrons. The maximum atomic E-state index is 14.0. The van der Waals surface area contributed by atoms with Crippen LogP contribution in [0.1, 0.15) is 36.8 Å². The Morgan fingerprint density at radius 1 is 1.16 bits per heavy atom. The molecule has 1 atom stereocenters. The van der Waals surface area contributed by atoms with E-state index in [0.29, 0.717) is 47.9 Å². The number of halogens is 1. The predicted octanol–water partition coefficient (Wildman–Crippen LogP) is 5.05. The number of carbonyl (C=O) groups is 1. The second-order valence-electron chi connectivity index (χ2n) is 9.49. The third-order valence-electron chi connectivity index (χ3n) is 6.90. The molecule has 0 fully saturated rings. The molecule has 3 heterocycles. The fraction of sp³-hybridized carbons (Fsp3) is 0.233. The lowest BCUT2D eigenvalue weighted by Gasteiger charge is -2.22. The molecule has 0 spiro atoms. The largest absolute Gasteiger partial charge is 0.496 e. The predicted molar refractivity (Wildman–Crippen MR) is 163 cm³/mol. The van der Waals surface area contributed by atoms with Crippen LogP contribution in [0.15, 0.2) is 72.4 Å². The molecular formula is C30H26BrN3O8S. The van der Waals surface area contributed by atoms with Crippen molar-refractivity contribution in [2.75, 3.05) is 20.8 Å². The molecule has 0 bridgehead atoms. The number of fused-ring (bicyclic) bond motifs is 1. The molecule has 0 unspecified atom stereocenters. The Balaban J connectivity index is 1.71. The van der Waals surface area contributed by atoms with Crippen molar-refractivity contribution in [3.8, 4) is 22.8 Å². The van der Waals surface area contributed by atoms with Crippen molar-refractivity contribution in [3.63, 3.8) is 0 Å². The van der Waals surface area contributed by atoms with Crippen molar-refractivity contribution in [2.45, 2.75) is 26.8 Å². The zero-order chi connectivity index (χ0) is 31.0. The quantitative estimate of drug-likeness (QED) is 0.145. The smallest absolute Gasteiger partial charge is 0.338 e. The van der Waals surface area contributed by atoms with E-state index >= 15 is 0 Å². The number of aromatic nitrogens is 1. The number of nitro benzene ring substituents is 1. The fourth-order valence-electron chi connectivity index (χ4n) is 4.83. The number of nitro groups is 1. The van der Waals surface area contributed by atoms with Gasteiger partial charge < -0.3 is 18.6 Å². The minimum atomic E-state index is -0.991. The van der Waals surface area contributed by atoms with E-state index in [1.165, 1.54) is 23.8 Å². The number of thiazole rings is 1. The van der Waals surface area contributed by atoms with Gasteiger partial charge in [-0.15, -0.1) is 0 Å². The first-order valence-corrected chi connectivity index (χ1v) is 14.6. The molecule has 43 heavy (non-hydrogen) atoms. The van der Waals surface area contributed by atoms with Gasteiger partial charge in [-0.2, -0.15) is 0 Å². The van der Waals surface area contributed by atoms with E-state index in [1.54, 1.807) is 57.4 Å². The normalized spacial score (nSPS) is 14.7. The molecule has 4 aromatic rings. The van der Waals surface area contributed by atoms with E-state index in [1.807, 2.05) is 6.92 Å². The van der Waals surface area contributed by atoms with E-state index in [9.17, 15) is 19.7 Å². The van der Waals surface area contributed by atoms with Crippen molar-refractivity contribution in [1.29, 1.82) is 0 Å². The second-order valence-corrected chi connectivity index (χ2v) is 11.4. The van der Waals surface area contributed by atoms with Gasteiger partial charge in [-0.05, 0) is 66.5 Å². The van der Waals surface area contributed by atoms with Crippen LogP contribution in [-0.4, -0.2) is 36.3 Å². The Kier molecular flexibility index (Phi) is 8.38. The topological polar surface area (TPSA) is 135 Å². The molecule has 0 saturated heterocycles. The summed E-state index contributed by atoms with van der Waals surface area (Å²) in [5.74, 6) is 1.06. The van der Waals surface area contributed by atoms with Crippen molar-refractivity contribution >= 4 is 45.0 Å². The zero-order valence-electron chi connectivity index (χ0n) is 23.8. The monoisotopic (exact) mass is 667 g/mol. The summed E-state index contributed by atoms with van der Waals surface area (Å²) in [4.78, 5) is 43.1. The standard InChI is InChI=1S/C30H26BrN3O8S/c1-6-41-29(36)26-16(3)32-30-33(28(35)25(43-30)12-17-11-20(31)24(40-5)14-23(17)39-4)27(26)22-10-9-21(42-22)19-13-18(34(37)38)8-7-15(19)2/h7-14,27H,6H2,1-5H3/b25-12-/t27-/m0/s1. The molecule has 0 aliphatic carbocycles. The minimum Gasteiger partial charge on any atom is -0.496 e. The van der Waals surface area contributed by atoms with Crippen molar-refractivity contribution in [3.05, 3.63) is 105 Å². The van der Waals surface area contributed by atoms with E-state index in [4.69, 9.17) is 18.6 Å². The molecule has 11 nitrogen and oxygen atoms in total. The van der Waals surface area contributed by atoms with Crippen LogP contribution < -0.4 is 24.4 Å². The number of methoxy groups -OCH3 is 2. The highest BCUT2D eigenvalue weighted by Gasteiger charge is 2.35. The van der Waals surface area contributed by atoms with Crippen molar-refractivity contribution < 1.29 is 28.3 Å². The number of nitrogens with zero attached hydrogens (tertiary/aromatic N) is 3. The summed E-state index contributed by atoms with van der Waals surface area (Å²) in [6, 6.07) is 10.3. The number of hydrogen-bond donors (Lipinski definition) is 0. The first-order valence-electron chi connectivity index (χ1n) is 13.0. The molecule has 222 valence electrons. The highest BCUT2D eigenvalue weighted by molar-refractivity contribution is 9.10. The van der Waals surface area contributed by atoms with Crippen LogP contribution in [-0.2, 0) is 9.53 Å². The van der Waals surface area contributed by atoms with Gasteiger partial charge in [-0.1, -0.05) is 17.4 Å². The maximum absolute atomic E-state index is 14.0. The van der Waals surface area contributed by atoms with Crippen LogP contribution in [0.25, 0.3) is 17.4 Å². The molecule has 5 rings (SSSR count). The van der Waals surface area contributed by atoms with Crippen LogP contribution >= 0.6 is 27.3 Å². The number of ether oxygens (including phenoxy) is 3. The van der Waals surface area contributed by atoms with E-state index in [2.05, 4.69) is 20.9 Å². The maximum Gasteiger partial charge on any atom is 0.338 e. The Hall–Kier alpha value is -4.49. The van der Waals surface area contributed by atoms with Crippen LogP contribution in [0.3, 0.4) is 0 Å². The second kappa shape index (κ2) is 12.0. The summed E-state index contributed by atoms with van der Waals surface area (Å²) < 4.78 is 24.9. The fourth-order valence-corrected chi connectivity index (χ4v) is 6.39. The van der Waals surface area contributed by atoms with Gasteiger partial charge in [0.2, 0.25) is 0 Å². The molecule has 0 saturated carbocycles. The summed E-state index contributed by atoms with van der Waals surface area (Å²) in [5, 5.41) is 11.4. The number of benzene rings is 2. The number of non-ortho nitro benzene ring substituents is 1. The molecule has 0 N–H and O–H groups in total.